The van der Waals surface area contributed by atoms with Gasteiger partial charge >= 0.3 is 0 Å². The minimum atomic E-state index is -0.0455. The van der Waals surface area contributed by atoms with Gasteiger partial charge in [0.25, 0.3) is 5.91 Å². The Balaban J connectivity index is 2.10. The number of anilines is 1. The van der Waals surface area contributed by atoms with Crippen LogP contribution in [-0.4, -0.2) is 25.0 Å². The zero-order valence-electron chi connectivity index (χ0n) is 11.7. The summed E-state index contributed by atoms with van der Waals surface area (Å²) in [5.74, 6) is 0.687. The van der Waals surface area contributed by atoms with E-state index < -0.39 is 0 Å². The molecule has 0 unspecified atom stereocenters. The number of nitrogens with zero attached hydrogens (tertiary/aromatic N) is 1. The minimum Gasteiger partial charge on any atom is -0.497 e. The van der Waals surface area contributed by atoms with Gasteiger partial charge in [0.2, 0.25) is 0 Å². The van der Waals surface area contributed by atoms with Gasteiger partial charge in [0.05, 0.1) is 7.11 Å². The van der Waals surface area contributed by atoms with Gasteiger partial charge in [-0.05, 0) is 35.9 Å². The largest absolute Gasteiger partial charge is 0.497 e. The number of nitrogens with two attached hydrogens (primary N) is 1. The van der Waals surface area contributed by atoms with Crippen LogP contribution in [0.1, 0.15) is 15.9 Å². The van der Waals surface area contributed by atoms with Crippen molar-refractivity contribution in [1.82, 2.24) is 4.90 Å². The van der Waals surface area contributed by atoms with E-state index >= 15 is 0 Å². The molecule has 2 aromatic rings. The van der Waals surface area contributed by atoms with Crippen LogP contribution in [0.4, 0.5) is 5.69 Å². The molecule has 0 aliphatic heterocycles. The molecule has 0 heterocycles. The quantitative estimate of drug-likeness (QED) is 0.869. The van der Waals surface area contributed by atoms with Crippen LogP contribution in [0, 0.1) is 0 Å². The molecule has 0 saturated heterocycles. The maximum Gasteiger partial charge on any atom is 0.253 e. The van der Waals surface area contributed by atoms with Gasteiger partial charge in [0, 0.05) is 24.8 Å². The van der Waals surface area contributed by atoms with Gasteiger partial charge in [-0.25, -0.2) is 0 Å². The highest BCUT2D eigenvalue weighted by atomic mass is 16.5. The summed E-state index contributed by atoms with van der Waals surface area (Å²) in [5.41, 5.74) is 8.16. The van der Waals surface area contributed by atoms with Crippen molar-refractivity contribution in [2.75, 3.05) is 19.9 Å². The first kappa shape index (κ1) is 13.9. The number of ether oxygens (including phenoxy) is 1. The topological polar surface area (TPSA) is 55.6 Å². The summed E-state index contributed by atoms with van der Waals surface area (Å²) in [4.78, 5) is 14.0. The smallest absolute Gasteiger partial charge is 0.253 e. The number of nitrogen functional groups attached to an aromatic ring is 1. The standard InChI is InChI=1S/C16H18N2O2/c1-18(11-13-5-3-4-6-15(13)17)16(19)12-7-9-14(20-2)10-8-12/h3-10H,11,17H2,1-2H3. The molecule has 4 heteroatoms. The molecule has 0 saturated carbocycles. The molecule has 0 fully saturated rings. The number of rotatable bonds is 4. The third kappa shape index (κ3) is 3.09. The predicted octanol–water partition coefficient (Wildman–Crippen LogP) is 2.55. The van der Waals surface area contributed by atoms with Crippen molar-refractivity contribution in [3.63, 3.8) is 0 Å². The highest BCUT2D eigenvalue weighted by Gasteiger charge is 2.13. The molecular weight excluding hydrogens is 252 g/mol. The third-order valence-electron chi connectivity index (χ3n) is 3.15. The fourth-order valence-corrected chi connectivity index (χ4v) is 1.96. The second kappa shape index (κ2) is 6.10. The van der Waals surface area contributed by atoms with E-state index in [9.17, 15) is 4.79 Å². The van der Waals surface area contributed by atoms with Crippen LogP contribution >= 0.6 is 0 Å². The molecule has 20 heavy (non-hydrogen) atoms. The van der Waals surface area contributed by atoms with Crippen LogP contribution in [0.2, 0.25) is 0 Å². The van der Waals surface area contributed by atoms with E-state index in [1.165, 1.54) is 0 Å². The molecule has 4 nitrogen and oxygen atoms in total. The number of hydrogen-bond donors (Lipinski definition) is 1. The average Bonchev–Trinajstić information content (AvgIpc) is 2.49. The first-order valence-corrected chi connectivity index (χ1v) is 6.34. The maximum atomic E-state index is 12.3. The third-order valence-corrected chi connectivity index (χ3v) is 3.15. The van der Waals surface area contributed by atoms with E-state index in [4.69, 9.17) is 10.5 Å². The normalized spacial score (nSPS) is 10.1. The van der Waals surface area contributed by atoms with E-state index in [1.807, 2.05) is 24.3 Å². The Bertz CT molecular complexity index is 594. The fourth-order valence-electron chi connectivity index (χ4n) is 1.96. The second-order valence-corrected chi connectivity index (χ2v) is 4.59. The molecule has 0 radical (unpaired) electrons. The molecule has 0 spiro atoms. The van der Waals surface area contributed by atoms with Crippen LogP contribution in [0.5, 0.6) is 5.75 Å². The second-order valence-electron chi connectivity index (χ2n) is 4.59. The zero-order chi connectivity index (χ0) is 14.5. The molecule has 1 amide bonds. The molecule has 104 valence electrons. The van der Waals surface area contributed by atoms with Gasteiger partial charge in [0.15, 0.2) is 0 Å². The molecular formula is C16H18N2O2. The molecule has 2 aromatic carbocycles. The molecule has 2 N–H and O–H groups in total. The molecule has 0 aliphatic carbocycles. The van der Waals surface area contributed by atoms with Crippen molar-refractivity contribution in [2.45, 2.75) is 6.54 Å². The molecule has 0 atom stereocenters. The van der Waals surface area contributed by atoms with Crippen molar-refractivity contribution < 1.29 is 9.53 Å². The van der Waals surface area contributed by atoms with Crippen LogP contribution in [0.15, 0.2) is 48.5 Å². The molecule has 2 rings (SSSR count). The van der Waals surface area contributed by atoms with Crippen LogP contribution in [0.3, 0.4) is 0 Å². The predicted molar refractivity (Wildman–Crippen MR) is 79.6 cm³/mol. The Labute approximate surface area is 118 Å². The number of benzene rings is 2. The monoisotopic (exact) mass is 270 g/mol. The van der Waals surface area contributed by atoms with Crippen molar-refractivity contribution in [1.29, 1.82) is 0 Å². The summed E-state index contributed by atoms with van der Waals surface area (Å²) in [5, 5.41) is 0. The van der Waals surface area contributed by atoms with Crippen molar-refractivity contribution in [3.05, 3.63) is 59.7 Å². The summed E-state index contributed by atoms with van der Waals surface area (Å²) >= 11 is 0. The maximum absolute atomic E-state index is 12.3. The van der Waals surface area contributed by atoms with Gasteiger partial charge in [0.1, 0.15) is 5.75 Å². The summed E-state index contributed by atoms with van der Waals surface area (Å²) < 4.78 is 5.08. The lowest BCUT2D eigenvalue weighted by atomic mass is 10.1. The van der Waals surface area contributed by atoms with E-state index in [-0.39, 0.29) is 5.91 Å². The van der Waals surface area contributed by atoms with Gasteiger partial charge in [-0.15, -0.1) is 0 Å². The Morgan fingerprint density at radius 2 is 1.80 bits per heavy atom. The number of carbonyl (C=O) groups excluding carboxylic acids is 1. The number of amides is 1. The van der Waals surface area contributed by atoms with E-state index in [2.05, 4.69) is 0 Å². The van der Waals surface area contributed by atoms with E-state index in [0.717, 1.165) is 11.3 Å². The van der Waals surface area contributed by atoms with Crippen LogP contribution in [-0.2, 0) is 6.54 Å². The number of carbonyl (C=O) groups is 1. The minimum absolute atomic E-state index is 0.0455. The van der Waals surface area contributed by atoms with Gasteiger partial charge in [-0.2, -0.15) is 0 Å². The van der Waals surface area contributed by atoms with Gasteiger partial charge in [-0.1, -0.05) is 18.2 Å². The fraction of sp³-hybridized carbons (Fsp3) is 0.188. The Morgan fingerprint density at radius 3 is 2.40 bits per heavy atom. The first-order chi connectivity index (χ1) is 9.61. The van der Waals surface area contributed by atoms with Crippen LogP contribution < -0.4 is 10.5 Å². The van der Waals surface area contributed by atoms with Crippen LogP contribution in [0.25, 0.3) is 0 Å². The zero-order valence-corrected chi connectivity index (χ0v) is 11.7. The number of methoxy groups -OCH3 is 1. The van der Waals surface area contributed by atoms with Crippen molar-refractivity contribution >= 4 is 11.6 Å². The Kier molecular flexibility index (Phi) is 4.25. The highest BCUT2D eigenvalue weighted by Crippen LogP contribution is 2.16. The Hall–Kier alpha value is -2.49. The number of hydrogen-bond acceptors (Lipinski definition) is 3. The summed E-state index contributed by atoms with van der Waals surface area (Å²) in [6.45, 7) is 0.484. The molecule has 0 bridgehead atoms. The van der Waals surface area contributed by atoms with Gasteiger partial charge in [-0.3, -0.25) is 4.79 Å². The lowest BCUT2D eigenvalue weighted by molar-refractivity contribution is 0.0785. The van der Waals surface area contributed by atoms with E-state index in [1.54, 1.807) is 43.3 Å². The van der Waals surface area contributed by atoms with Crippen molar-refractivity contribution in [2.24, 2.45) is 0 Å². The summed E-state index contributed by atoms with van der Waals surface area (Å²) in [6, 6.07) is 14.6. The highest BCUT2D eigenvalue weighted by molar-refractivity contribution is 5.94. The lowest BCUT2D eigenvalue weighted by Gasteiger charge is -2.18. The number of para-hydroxylation sites is 1. The summed E-state index contributed by atoms with van der Waals surface area (Å²) in [7, 11) is 3.36. The molecule has 0 aromatic heterocycles. The van der Waals surface area contributed by atoms with E-state index in [0.29, 0.717) is 17.8 Å². The first-order valence-electron chi connectivity index (χ1n) is 6.34. The van der Waals surface area contributed by atoms with Gasteiger partial charge < -0.3 is 15.4 Å². The lowest BCUT2D eigenvalue weighted by Crippen LogP contribution is -2.26. The SMILES string of the molecule is COc1ccc(C(=O)N(C)Cc2ccccc2N)cc1. The molecule has 0 aliphatic rings. The average molecular weight is 270 g/mol. The summed E-state index contributed by atoms with van der Waals surface area (Å²) in [6.07, 6.45) is 0. The Morgan fingerprint density at radius 1 is 1.15 bits per heavy atom. The van der Waals surface area contributed by atoms with Crippen molar-refractivity contribution in [3.8, 4) is 5.75 Å².